The normalized spacial score (nSPS) is 10.1. The van der Waals surface area contributed by atoms with E-state index in [9.17, 15) is 9.59 Å². The van der Waals surface area contributed by atoms with Crippen LogP contribution in [0.25, 0.3) is 11.5 Å². The maximum Gasteiger partial charge on any atom is 0.410 e. The van der Waals surface area contributed by atoms with Crippen LogP contribution < -0.4 is 5.32 Å². The summed E-state index contributed by atoms with van der Waals surface area (Å²) in [5, 5.41) is 20.0. The molecule has 0 saturated carbocycles. The van der Waals surface area contributed by atoms with Gasteiger partial charge in [0.15, 0.2) is 10.9 Å². The van der Waals surface area contributed by atoms with Crippen molar-refractivity contribution in [2.75, 3.05) is 5.32 Å². The van der Waals surface area contributed by atoms with E-state index in [1.54, 1.807) is 30.3 Å². The molecule has 7 nitrogen and oxygen atoms in total. The van der Waals surface area contributed by atoms with Gasteiger partial charge in [-0.2, -0.15) is 5.26 Å². The Morgan fingerprint density at radius 1 is 1.29 bits per heavy atom. The Morgan fingerprint density at radius 3 is 2.79 bits per heavy atom. The van der Waals surface area contributed by atoms with Crippen molar-refractivity contribution in [1.82, 2.24) is 4.98 Å². The molecule has 3 rings (SSSR count). The van der Waals surface area contributed by atoms with E-state index in [-0.39, 0.29) is 21.5 Å². The van der Waals surface area contributed by atoms with Crippen LogP contribution in [0.1, 0.15) is 20.8 Å². The molecule has 0 aliphatic rings. The maximum absolute atomic E-state index is 12.8. The zero-order chi connectivity index (χ0) is 17.1. The van der Waals surface area contributed by atoms with Gasteiger partial charge in [0.2, 0.25) is 5.78 Å². The van der Waals surface area contributed by atoms with Crippen molar-refractivity contribution >= 4 is 28.3 Å². The highest BCUT2D eigenvalue weighted by Gasteiger charge is 2.23. The predicted molar refractivity (Wildman–Crippen MR) is 86.1 cm³/mol. The first kappa shape index (κ1) is 15.5. The van der Waals surface area contributed by atoms with E-state index in [1.165, 1.54) is 12.3 Å². The molecule has 24 heavy (non-hydrogen) atoms. The number of carbonyl (C=O) groups excluding carboxylic acids is 1. The third-order valence-electron chi connectivity index (χ3n) is 3.06. The fourth-order valence-electron chi connectivity index (χ4n) is 2.06. The zero-order valence-electron chi connectivity index (χ0n) is 12.0. The lowest BCUT2D eigenvalue weighted by Gasteiger charge is -2.00. The van der Waals surface area contributed by atoms with Crippen LogP contribution in [0.5, 0.6) is 0 Å². The van der Waals surface area contributed by atoms with Crippen LogP contribution in [-0.2, 0) is 0 Å². The number of hydrogen-bond acceptors (Lipinski definition) is 6. The Morgan fingerprint density at radius 2 is 2.12 bits per heavy atom. The number of hydrogen-bond donors (Lipinski definition) is 2. The molecule has 118 valence electrons. The van der Waals surface area contributed by atoms with Crippen LogP contribution in [0.4, 0.5) is 9.93 Å². The summed E-state index contributed by atoms with van der Waals surface area (Å²) in [7, 11) is 0. The van der Waals surface area contributed by atoms with Crippen molar-refractivity contribution in [3.05, 3.63) is 58.7 Å². The molecule has 1 amide bonds. The van der Waals surface area contributed by atoms with Crippen molar-refractivity contribution in [1.29, 1.82) is 5.26 Å². The van der Waals surface area contributed by atoms with Crippen molar-refractivity contribution < 1.29 is 19.1 Å². The average molecular weight is 339 g/mol. The molecule has 8 heteroatoms. The van der Waals surface area contributed by atoms with E-state index < -0.39 is 6.09 Å². The number of thiazole rings is 1. The van der Waals surface area contributed by atoms with Gasteiger partial charge in [-0.1, -0.05) is 23.5 Å². The van der Waals surface area contributed by atoms with Crippen molar-refractivity contribution in [3.63, 3.8) is 0 Å². The summed E-state index contributed by atoms with van der Waals surface area (Å²) < 4.78 is 5.27. The van der Waals surface area contributed by atoms with E-state index in [0.717, 1.165) is 11.3 Å². The molecule has 0 atom stereocenters. The number of ketones is 1. The Bertz CT molecular complexity index is 954. The van der Waals surface area contributed by atoms with Gasteiger partial charge in [0.25, 0.3) is 0 Å². The Kier molecular flexibility index (Phi) is 4.09. The highest BCUT2D eigenvalue weighted by molar-refractivity contribution is 7.18. The fourth-order valence-corrected chi connectivity index (χ4v) is 2.98. The number of aromatic nitrogens is 1. The van der Waals surface area contributed by atoms with E-state index in [1.807, 2.05) is 6.07 Å². The largest absolute Gasteiger partial charge is 0.465 e. The fraction of sp³-hybridized carbons (Fsp3) is 0. The number of carboxylic acid groups (broad SMARTS) is 1. The standard InChI is InChI=1S/C16H9N3O4S/c17-8-9-3-1-4-10(7-9)13(20)14-12(11-5-2-6-23-11)18-15(24-14)19-16(21)22/h1-7H,(H,18,19)(H,21,22). The SMILES string of the molecule is N#Cc1cccc(C(=O)c2sc(NC(=O)O)nc2-c2ccco2)c1. The quantitative estimate of drug-likeness (QED) is 0.702. The monoisotopic (exact) mass is 339 g/mol. The lowest BCUT2D eigenvalue weighted by atomic mass is 10.1. The highest BCUT2D eigenvalue weighted by Crippen LogP contribution is 2.33. The number of nitriles is 1. The number of benzene rings is 1. The lowest BCUT2D eigenvalue weighted by molar-refractivity contribution is 0.104. The molecule has 1 aromatic carbocycles. The first-order valence-corrected chi connectivity index (χ1v) is 7.49. The molecule has 2 heterocycles. The van der Waals surface area contributed by atoms with Crippen LogP contribution in [0.15, 0.2) is 47.1 Å². The molecule has 2 N–H and O–H groups in total. The minimum Gasteiger partial charge on any atom is -0.465 e. The van der Waals surface area contributed by atoms with Crippen molar-refractivity contribution in [2.24, 2.45) is 0 Å². The molecule has 0 saturated heterocycles. The summed E-state index contributed by atoms with van der Waals surface area (Å²) >= 11 is 0.907. The second-order valence-electron chi connectivity index (χ2n) is 4.63. The predicted octanol–water partition coefficient (Wildman–Crippen LogP) is 3.60. The third-order valence-corrected chi connectivity index (χ3v) is 4.03. The van der Waals surface area contributed by atoms with E-state index >= 15 is 0 Å². The number of anilines is 1. The Labute approximate surface area is 139 Å². The van der Waals surface area contributed by atoms with Gasteiger partial charge in [0.1, 0.15) is 10.6 Å². The molecule has 3 aromatic rings. The summed E-state index contributed by atoms with van der Waals surface area (Å²) in [4.78, 5) is 27.9. The van der Waals surface area contributed by atoms with E-state index in [4.69, 9.17) is 14.8 Å². The zero-order valence-corrected chi connectivity index (χ0v) is 12.8. The number of furan rings is 1. The minimum absolute atomic E-state index is 0.0636. The molecule has 0 radical (unpaired) electrons. The lowest BCUT2D eigenvalue weighted by Crippen LogP contribution is -2.06. The van der Waals surface area contributed by atoms with Gasteiger partial charge >= 0.3 is 6.09 Å². The topological polar surface area (TPSA) is 116 Å². The van der Waals surface area contributed by atoms with Gasteiger partial charge in [0, 0.05) is 5.56 Å². The molecule has 0 unspecified atom stereocenters. The van der Waals surface area contributed by atoms with Crippen LogP contribution in [-0.4, -0.2) is 22.0 Å². The van der Waals surface area contributed by atoms with Gasteiger partial charge in [0.05, 0.1) is 17.9 Å². The minimum atomic E-state index is -1.28. The maximum atomic E-state index is 12.8. The summed E-state index contributed by atoms with van der Waals surface area (Å²) in [5.74, 6) is -0.0149. The summed E-state index contributed by atoms with van der Waals surface area (Å²) in [6, 6.07) is 11.5. The number of amides is 1. The van der Waals surface area contributed by atoms with Crippen LogP contribution in [0.3, 0.4) is 0 Å². The number of nitrogens with zero attached hydrogens (tertiary/aromatic N) is 2. The van der Waals surface area contributed by atoms with Gasteiger partial charge in [-0.25, -0.2) is 9.78 Å². The van der Waals surface area contributed by atoms with Crippen LogP contribution in [0, 0.1) is 11.3 Å². The van der Waals surface area contributed by atoms with Crippen LogP contribution >= 0.6 is 11.3 Å². The molecule has 2 aromatic heterocycles. The second kappa shape index (κ2) is 6.36. The Hall–Kier alpha value is -3.44. The summed E-state index contributed by atoms with van der Waals surface area (Å²) in [6.07, 6.45) is 0.156. The van der Waals surface area contributed by atoms with Gasteiger partial charge in [-0.05, 0) is 24.3 Å². The van der Waals surface area contributed by atoms with Gasteiger partial charge < -0.3 is 9.52 Å². The molecular formula is C16H9N3O4S. The first-order chi connectivity index (χ1) is 11.6. The first-order valence-electron chi connectivity index (χ1n) is 6.68. The van der Waals surface area contributed by atoms with E-state index in [0.29, 0.717) is 16.9 Å². The number of carbonyl (C=O) groups is 2. The van der Waals surface area contributed by atoms with E-state index in [2.05, 4.69) is 10.3 Å². The molecule has 0 aliphatic heterocycles. The van der Waals surface area contributed by atoms with Crippen molar-refractivity contribution in [3.8, 4) is 17.5 Å². The van der Waals surface area contributed by atoms with Gasteiger partial charge in [-0.3, -0.25) is 10.1 Å². The third kappa shape index (κ3) is 3.02. The summed E-state index contributed by atoms with van der Waals surface area (Å²) in [6.45, 7) is 0. The number of rotatable bonds is 4. The molecule has 0 spiro atoms. The number of nitrogens with one attached hydrogen (secondary N) is 1. The summed E-state index contributed by atoms with van der Waals surface area (Å²) in [5.41, 5.74) is 0.919. The highest BCUT2D eigenvalue weighted by atomic mass is 32.1. The van der Waals surface area contributed by atoms with Crippen LogP contribution in [0.2, 0.25) is 0 Å². The Balaban J connectivity index is 2.08. The van der Waals surface area contributed by atoms with Gasteiger partial charge in [-0.15, -0.1) is 0 Å². The average Bonchev–Trinajstić information content (AvgIpc) is 3.23. The molecule has 0 bridgehead atoms. The molecule has 0 fully saturated rings. The van der Waals surface area contributed by atoms with Crippen molar-refractivity contribution in [2.45, 2.75) is 0 Å². The molecule has 0 aliphatic carbocycles. The second-order valence-corrected chi connectivity index (χ2v) is 5.63. The molecular weight excluding hydrogens is 330 g/mol. The smallest absolute Gasteiger partial charge is 0.410 e.